The topological polar surface area (TPSA) is 46.3 Å². The molecule has 0 spiro atoms. The first kappa shape index (κ1) is 12.1. The van der Waals surface area contributed by atoms with Gasteiger partial charge in [-0.05, 0) is 29.0 Å². The van der Waals surface area contributed by atoms with Gasteiger partial charge < -0.3 is 5.73 Å². The molecule has 1 aliphatic heterocycles. The van der Waals surface area contributed by atoms with E-state index in [1.807, 2.05) is 0 Å². The Morgan fingerprint density at radius 3 is 2.82 bits per heavy atom. The molecule has 0 unspecified atom stereocenters. The Labute approximate surface area is 103 Å². The molecule has 0 fully saturated rings. The lowest BCUT2D eigenvalue weighted by atomic mass is 9.93. The molecule has 0 bridgehead atoms. The number of fused-ring (bicyclic) bond motifs is 1. The third kappa shape index (κ3) is 2.86. The van der Waals surface area contributed by atoms with E-state index in [4.69, 9.17) is 5.73 Å². The van der Waals surface area contributed by atoms with Gasteiger partial charge in [-0.25, -0.2) is 0 Å². The van der Waals surface area contributed by atoms with Gasteiger partial charge in [-0.1, -0.05) is 32.0 Å². The summed E-state index contributed by atoms with van der Waals surface area (Å²) in [5.74, 6) is 0.306. The van der Waals surface area contributed by atoms with Gasteiger partial charge in [-0.3, -0.25) is 9.69 Å². The zero-order valence-electron chi connectivity index (χ0n) is 10.6. The van der Waals surface area contributed by atoms with Crippen molar-refractivity contribution < 1.29 is 4.79 Å². The molecule has 1 aromatic rings. The molecule has 1 aliphatic rings. The Balaban J connectivity index is 2.17. The lowest BCUT2D eigenvalue weighted by Gasteiger charge is -2.28. The molecule has 0 saturated carbocycles. The number of primary amides is 1. The van der Waals surface area contributed by atoms with Crippen LogP contribution in [0.25, 0.3) is 0 Å². The maximum Gasteiger partial charge on any atom is 0.231 e. The summed E-state index contributed by atoms with van der Waals surface area (Å²) in [6.07, 6.45) is 1.01. The Kier molecular flexibility index (Phi) is 3.48. The van der Waals surface area contributed by atoms with Gasteiger partial charge >= 0.3 is 0 Å². The second-order valence-electron chi connectivity index (χ2n) is 5.11. The van der Waals surface area contributed by atoms with Crippen molar-refractivity contribution in [2.75, 3.05) is 13.1 Å². The molecule has 3 nitrogen and oxygen atoms in total. The minimum absolute atomic E-state index is 0.242. The highest BCUT2D eigenvalue weighted by atomic mass is 16.1. The second kappa shape index (κ2) is 4.88. The van der Waals surface area contributed by atoms with Crippen LogP contribution in [-0.2, 0) is 17.8 Å². The molecule has 1 aromatic carbocycles. The molecule has 3 heteroatoms. The van der Waals surface area contributed by atoms with E-state index in [0.29, 0.717) is 12.5 Å². The molecule has 0 aliphatic carbocycles. The van der Waals surface area contributed by atoms with Crippen LogP contribution in [0.15, 0.2) is 18.2 Å². The summed E-state index contributed by atoms with van der Waals surface area (Å²) in [6.45, 7) is 6.54. The van der Waals surface area contributed by atoms with E-state index < -0.39 is 0 Å². The fourth-order valence-corrected chi connectivity index (χ4v) is 2.35. The normalized spacial score (nSPS) is 15.9. The number of nitrogens with zero attached hydrogens (tertiary/aromatic N) is 1. The minimum Gasteiger partial charge on any atom is -0.369 e. The molecule has 17 heavy (non-hydrogen) atoms. The summed E-state index contributed by atoms with van der Waals surface area (Å²) < 4.78 is 0. The SMILES string of the molecule is CC(C)c1ccc2c(c1)CN(CC(N)=O)CC2. The molecule has 1 amide bonds. The van der Waals surface area contributed by atoms with Crippen LogP contribution < -0.4 is 5.73 Å². The maximum absolute atomic E-state index is 10.9. The van der Waals surface area contributed by atoms with E-state index in [1.54, 1.807) is 0 Å². The number of hydrogen-bond donors (Lipinski definition) is 1. The van der Waals surface area contributed by atoms with Crippen molar-refractivity contribution >= 4 is 5.91 Å². The second-order valence-corrected chi connectivity index (χ2v) is 5.11. The number of amides is 1. The van der Waals surface area contributed by atoms with Crippen LogP contribution in [0.1, 0.15) is 36.5 Å². The van der Waals surface area contributed by atoms with Crippen molar-refractivity contribution in [1.29, 1.82) is 0 Å². The fourth-order valence-electron chi connectivity index (χ4n) is 2.35. The van der Waals surface area contributed by atoms with Gasteiger partial charge in [0, 0.05) is 13.1 Å². The zero-order valence-corrected chi connectivity index (χ0v) is 10.6. The molecule has 1 heterocycles. The Bertz CT molecular complexity index is 426. The fraction of sp³-hybridized carbons (Fsp3) is 0.500. The third-order valence-corrected chi connectivity index (χ3v) is 3.37. The summed E-state index contributed by atoms with van der Waals surface area (Å²) >= 11 is 0. The van der Waals surface area contributed by atoms with Crippen LogP contribution in [0, 0.1) is 0 Å². The Morgan fingerprint density at radius 1 is 1.41 bits per heavy atom. The summed E-state index contributed by atoms with van der Waals surface area (Å²) in [7, 11) is 0. The van der Waals surface area contributed by atoms with Crippen molar-refractivity contribution in [3.8, 4) is 0 Å². The van der Waals surface area contributed by atoms with Gasteiger partial charge in [0.05, 0.1) is 6.54 Å². The molecular weight excluding hydrogens is 212 g/mol. The molecule has 0 radical (unpaired) electrons. The highest BCUT2D eigenvalue weighted by Crippen LogP contribution is 2.23. The first-order chi connectivity index (χ1) is 8.06. The number of hydrogen-bond acceptors (Lipinski definition) is 2. The number of carbonyl (C=O) groups excluding carboxylic acids is 1. The first-order valence-corrected chi connectivity index (χ1v) is 6.18. The summed E-state index contributed by atoms with van der Waals surface area (Å²) in [6, 6.07) is 6.71. The predicted molar refractivity (Wildman–Crippen MR) is 68.7 cm³/mol. The third-order valence-electron chi connectivity index (χ3n) is 3.37. The summed E-state index contributed by atoms with van der Waals surface area (Å²) in [5.41, 5.74) is 9.37. The Morgan fingerprint density at radius 2 is 2.18 bits per heavy atom. The van der Waals surface area contributed by atoms with E-state index in [0.717, 1.165) is 19.5 Å². The number of rotatable bonds is 3. The molecule has 2 rings (SSSR count). The minimum atomic E-state index is -0.242. The number of nitrogens with two attached hydrogens (primary N) is 1. The van der Waals surface area contributed by atoms with Crippen LogP contribution in [0.2, 0.25) is 0 Å². The van der Waals surface area contributed by atoms with Gasteiger partial charge in [0.15, 0.2) is 0 Å². The van der Waals surface area contributed by atoms with E-state index in [1.165, 1.54) is 16.7 Å². The first-order valence-electron chi connectivity index (χ1n) is 6.18. The van der Waals surface area contributed by atoms with Gasteiger partial charge in [-0.2, -0.15) is 0 Å². The predicted octanol–water partition coefficient (Wildman–Crippen LogP) is 1.65. The van der Waals surface area contributed by atoms with Crippen molar-refractivity contribution in [3.63, 3.8) is 0 Å². The molecule has 0 atom stereocenters. The van der Waals surface area contributed by atoms with Crippen LogP contribution in [-0.4, -0.2) is 23.9 Å². The smallest absolute Gasteiger partial charge is 0.231 e. The standard InChI is InChI=1S/C14H20N2O/c1-10(2)12-4-3-11-5-6-16(9-14(15)17)8-13(11)7-12/h3-4,7,10H,5-6,8-9H2,1-2H3,(H2,15,17). The van der Waals surface area contributed by atoms with Crippen LogP contribution in [0.3, 0.4) is 0 Å². The zero-order chi connectivity index (χ0) is 12.4. The van der Waals surface area contributed by atoms with Crippen molar-refractivity contribution in [2.24, 2.45) is 5.73 Å². The number of benzene rings is 1. The van der Waals surface area contributed by atoms with Crippen LogP contribution in [0.4, 0.5) is 0 Å². The molecular formula is C14H20N2O. The van der Waals surface area contributed by atoms with Gasteiger partial charge in [0.1, 0.15) is 0 Å². The molecule has 92 valence electrons. The summed E-state index contributed by atoms with van der Waals surface area (Å²) in [5, 5.41) is 0. The molecule has 0 aromatic heterocycles. The van der Waals surface area contributed by atoms with E-state index in [9.17, 15) is 4.79 Å². The lowest BCUT2D eigenvalue weighted by molar-refractivity contribution is -0.119. The van der Waals surface area contributed by atoms with E-state index >= 15 is 0 Å². The van der Waals surface area contributed by atoms with Crippen molar-refractivity contribution in [2.45, 2.75) is 32.7 Å². The van der Waals surface area contributed by atoms with Crippen LogP contribution in [0.5, 0.6) is 0 Å². The molecule has 0 saturated heterocycles. The average Bonchev–Trinajstić information content (AvgIpc) is 2.27. The monoisotopic (exact) mass is 232 g/mol. The van der Waals surface area contributed by atoms with Crippen LogP contribution >= 0.6 is 0 Å². The highest BCUT2D eigenvalue weighted by Gasteiger charge is 2.17. The largest absolute Gasteiger partial charge is 0.369 e. The van der Waals surface area contributed by atoms with Crippen molar-refractivity contribution in [1.82, 2.24) is 4.90 Å². The van der Waals surface area contributed by atoms with Gasteiger partial charge in [0.2, 0.25) is 5.91 Å². The Hall–Kier alpha value is -1.35. The van der Waals surface area contributed by atoms with E-state index in [2.05, 4.69) is 36.9 Å². The maximum atomic E-state index is 10.9. The van der Waals surface area contributed by atoms with E-state index in [-0.39, 0.29) is 5.91 Å². The summed E-state index contributed by atoms with van der Waals surface area (Å²) in [4.78, 5) is 13.1. The van der Waals surface area contributed by atoms with Gasteiger partial charge in [0.25, 0.3) is 0 Å². The lowest BCUT2D eigenvalue weighted by Crippen LogP contribution is -2.37. The van der Waals surface area contributed by atoms with Gasteiger partial charge in [-0.15, -0.1) is 0 Å². The van der Waals surface area contributed by atoms with Crippen molar-refractivity contribution in [3.05, 3.63) is 34.9 Å². The average molecular weight is 232 g/mol. The number of carbonyl (C=O) groups is 1. The molecule has 2 N–H and O–H groups in total. The highest BCUT2D eigenvalue weighted by molar-refractivity contribution is 5.75. The quantitative estimate of drug-likeness (QED) is 0.861.